The first-order valence-electron chi connectivity index (χ1n) is 6.05. The molecule has 0 aromatic rings. The van der Waals surface area contributed by atoms with Crippen LogP contribution in [0.2, 0.25) is 0 Å². The summed E-state index contributed by atoms with van der Waals surface area (Å²) in [6, 6.07) is 0. The highest BCUT2D eigenvalue weighted by Crippen LogP contribution is 2.06. The molecule has 0 aromatic carbocycles. The van der Waals surface area contributed by atoms with Crippen LogP contribution in [0.25, 0.3) is 0 Å². The van der Waals surface area contributed by atoms with Crippen LogP contribution >= 0.6 is 11.6 Å². The minimum Gasteiger partial charge on any atom is -0.383 e. The molecule has 0 bridgehead atoms. The molecule has 0 fully saturated rings. The number of ether oxygens (including phenoxy) is 1. The van der Waals surface area contributed by atoms with Crippen molar-refractivity contribution in [3.63, 3.8) is 0 Å². The second-order valence-electron chi connectivity index (χ2n) is 2.98. The van der Waals surface area contributed by atoms with Crippen molar-refractivity contribution >= 4 is 11.6 Å². The van der Waals surface area contributed by atoms with Gasteiger partial charge in [-0.2, -0.15) is 0 Å². The van der Waals surface area contributed by atoms with Gasteiger partial charge in [-0.1, -0.05) is 38.7 Å². The number of alkyl halides is 1. The van der Waals surface area contributed by atoms with Crippen LogP contribution in [0.1, 0.15) is 20.8 Å². The second kappa shape index (κ2) is 15.3. The lowest BCUT2D eigenvalue weighted by molar-refractivity contribution is 0.168. The first kappa shape index (κ1) is 18.6. The van der Waals surface area contributed by atoms with Gasteiger partial charge in [0.25, 0.3) is 0 Å². The fourth-order valence-corrected chi connectivity index (χ4v) is 1.43. The maximum Gasteiger partial charge on any atom is 0.0637 e. The van der Waals surface area contributed by atoms with Crippen molar-refractivity contribution in [1.82, 2.24) is 4.90 Å². The molecule has 100 valence electrons. The van der Waals surface area contributed by atoms with Crippen molar-refractivity contribution in [2.45, 2.75) is 20.8 Å². The maximum absolute atomic E-state index is 5.76. The average Bonchev–Trinajstić information content (AvgIpc) is 2.39. The molecule has 0 saturated heterocycles. The third kappa shape index (κ3) is 10.2. The Morgan fingerprint density at radius 1 is 1.35 bits per heavy atom. The van der Waals surface area contributed by atoms with E-state index in [1.165, 1.54) is 0 Å². The van der Waals surface area contributed by atoms with Crippen molar-refractivity contribution in [2.24, 2.45) is 0 Å². The van der Waals surface area contributed by atoms with Crippen LogP contribution < -0.4 is 0 Å². The highest BCUT2D eigenvalue weighted by atomic mass is 35.5. The van der Waals surface area contributed by atoms with Gasteiger partial charge in [-0.05, 0) is 13.0 Å². The maximum atomic E-state index is 5.76. The summed E-state index contributed by atoms with van der Waals surface area (Å²) in [5.74, 6) is 0.614. The molecule has 0 heterocycles. The number of allylic oxidation sites excluding steroid dienone is 4. The predicted molar refractivity (Wildman–Crippen MR) is 78.6 cm³/mol. The van der Waals surface area contributed by atoms with Crippen LogP contribution in [0.5, 0.6) is 0 Å². The number of hydrogen-bond donors (Lipinski definition) is 0. The quantitative estimate of drug-likeness (QED) is 0.485. The van der Waals surface area contributed by atoms with Crippen LogP contribution in [-0.4, -0.2) is 37.6 Å². The molecule has 0 radical (unpaired) electrons. The van der Waals surface area contributed by atoms with E-state index in [-0.39, 0.29) is 0 Å². The molecule has 0 unspecified atom stereocenters. The normalized spacial score (nSPS) is 11.0. The third-order valence-corrected chi connectivity index (χ3v) is 2.15. The van der Waals surface area contributed by atoms with Gasteiger partial charge in [-0.3, -0.25) is 0 Å². The lowest BCUT2D eigenvalue weighted by Crippen LogP contribution is -2.28. The summed E-state index contributed by atoms with van der Waals surface area (Å²) < 4.78 is 5.06. The van der Waals surface area contributed by atoms with Crippen molar-refractivity contribution in [3.8, 4) is 0 Å². The minimum atomic E-state index is 0.614. The molecule has 0 aromatic heterocycles. The van der Waals surface area contributed by atoms with Gasteiger partial charge in [0.2, 0.25) is 0 Å². The Morgan fingerprint density at radius 3 is 2.41 bits per heavy atom. The topological polar surface area (TPSA) is 12.5 Å². The molecule has 0 atom stereocenters. The van der Waals surface area contributed by atoms with Gasteiger partial charge in [0, 0.05) is 31.8 Å². The molecule has 0 aliphatic heterocycles. The van der Waals surface area contributed by atoms with Crippen LogP contribution in [0.4, 0.5) is 0 Å². The van der Waals surface area contributed by atoms with Crippen LogP contribution in [0.15, 0.2) is 36.6 Å². The smallest absolute Gasteiger partial charge is 0.0637 e. The van der Waals surface area contributed by atoms with E-state index in [0.717, 1.165) is 18.8 Å². The fraction of sp³-hybridized carbons (Fsp3) is 0.571. The van der Waals surface area contributed by atoms with Crippen LogP contribution in [-0.2, 0) is 4.74 Å². The van der Waals surface area contributed by atoms with Gasteiger partial charge in [0.1, 0.15) is 0 Å². The molecular weight excluding hydrogens is 234 g/mol. The molecule has 0 aliphatic carbocycles. The zero-order valence-corrected chi connectivity index (χ0v) is 12.3. The number of methoxy groups -OCH3 is 1. The average molecular weight is 260 g/mol. The van der Waals surface area contributed by atoms with Gasteiger partial charge >= 0.3 is 0 Å². The third-order valence-electron chi connectivity index (χ3n) is 1.98. The molecule has 2 nitrogen and oxygen atoms in total. The number of rotatable bonds is 8. The van der Waals surface area contributed by atoms with Gasteiger partial charge < -0.3 is 9.64 Å². The van der Waals surface area contributed by atoms with E-state index >= 15 is 0 Å². The van der Waals surface area contributed by atoms with Crippen LogP contribution in [0, 0.1) is 0 Å². The summed E-state index contributed by atoms with van der Waals surface area (Å²) in [6.45, 7) is 12.0. The summed E-state index contributed by atoms with van der Waals surface area (Å²) >= 11 is 5.76. The fourth-order valence-electron chi connectivity index (χ4n) is 1.22. The predicted octanol–water partition coefficient (Wildman–Crippen LogP) is 3.85. The van der Waals surface area contributed by atoms with Gasteiger partial charge in [0.05, 0.1) is 6.61 Å². The highest BCUT2D eigenvalue weighted by Gasteiger charge is 2.04. The van der Waals surface area contributed by atoms with E-state index < -0.39 is 0 Å². The molecule has 0 N–H and O–H groups in total. The molecular formula is C14H26ClNO. The number of nitrogens with zero attached hydrogens (tertiary/aromatic N) is 1. The van der Waals surface area contributed by atoms with Crippen molar-refractivity contribution in [2.75, 3.05) is 32.7 Å². The Balaban J connectivity index is 0. The van der Waals surface area contributed by atoms with E-state index in [0.29, 0.717) is 12.5 Å². The summed E-state index contributed by atoms with van der Waals surface area (Å²) in [5, 5.41) is 0. The Morgan fingerprint density at radius 2 is 2.00 bits per heavy atom. The van der Waals surface area contributed by atoms with Gasteiger partial charge in [0.15, 0.2) is 0 Å². The van der Waals surface area contributed by atoms with E-state index in [9.17, 15) is 0 Å². The van der Waals surface area contributed by atoms with Gasteiger partial charge in [-0.25, -0.2) is 0 Å². The largest absolute Gasteiger partial charge is 0.383 e. The lowest BCUT2D eigenvalue weighted by atomic mass is 10.3. The van der Waals surface area contributed by atoms with Gasteiger partial charge in [-0.15, -0.1) is 11.6 Å². The highest BCUT2D eigenvalue weighted by molar-refractivity contribution is 6.18. The lowest BCUT2D eigenvalue weighted by Gasteiger charge is -2.24. The SMILES string of the molecule is C=C/C=C\C(=C/C)N(CCCl)CCOC.CC. The van der Waals surface area contributed by atoms with E-state index in [1.54, 1.807) is 13.2 Å². The zero-order chi connectivity index (χ0) is 13.5. The Hall–Kier alpha value is -0.730. The minimum absolute atomic E-state index is 0.614. The monoisotopic (exact) mass is 259 g/mol. The second-order valence-corrected chi connectivity index (χ2v) is 3.36. The number of hydrogen-bond acceptors (Lipinski definition) is 2. The first-order chi connectivity index (χ1) is 8.29. The Kier molecular flexibility index (Phi) is 16.7. The van der Waals surface area contributed by atoms with E-state index in [2.05, 4.69) is 17.6 Å². The Bertz CT molecular complexity index is 224. The standard InChI is InChI=1S/C12H20ClNO.C2H6/c1-4-6-7-12(5-2)14(9-8-13)10-11-15-3;1-2/h4-7H,1,8-11H2,2-3H3;1-2H3/b7-6-,12-5+;. The summed E-state index contributed by atoms with van der Waals surface area (Å²) in [6.07, 6.45) is 7.76. The van der Waals surface area contributed by atoms with E-state index in [1.807, 2.05) is 32.9 Å². The van der Waals surface area contributed by atoms with Crippen LogP contribution in [0.3, 0.4) is 0 Å². The van der Waals surface area contributed by atoms with Crippen molar-refractivity contribution in [3.05, 3.63) is 36.6 Å². The molecule has 0 rings (SSSR count). The number of halogens is 1. The molecule has 3 heteroatoms. The summed E-state index contributed by atoms with van der Waals surface area (Å²) in [4.78, 5) is 2.19. The molecule has 0 spiro atoms. The molecule has 0 amide bonds. The molecule has 0 aliphatic rings. The zero-order valence-electron chi connectivity index (χ0n) is 11.6. The molecule has 0 saturated carbocycles. The van der Waals surface area contributed by atoms with Crippen molar-refractivity contribution in [1.29, 1.82) is 0 Å². The Labute approximate surface area is 112 Å². The summed E-state index contributed by atoms with van der Waals surface area (Å²) in [5.41, 5.74) is 1.15. The first-order valence-corrected chi connectivity index (χ1v) is 6.58. The summed E-state index contributed by atoms with van der Waals surface area (Å²) in [7, 11) is 1.70. The molecule has 17 heavy (non-hydrogen) atoms. The van der Waals surface area contributed by atoms with Crippen molar-refractivity contribution < 1.29 is 4.74 Å². The van der Waals surface area contributed by atoms with E-state index in [4.69, 9.17) is 16.3 Å².